The van der Waals surface area contributed by atoms with Crippen LogP contribution in [0.2, 0.25) is 0 Å². The number of carbonyl (C=O) groups excluding carboxylic acids is 2. The van der Waals surface area contributed by atoms with Crippen LogP contribution in [0.1, 0.15) is 0 Å². The number of benzene rings is 1. The van der Waals surface area contributed by atoms with Gasteiger partial charge in [0.05, 0.1) is 18.0 Å². The molecule has 9 heteroatoms. The van der Waals surface area contributed by atoms with Crippen LogP contribution in [0.15, 0.2) is 34.4 Å². The summed E-state index contributed by atoms with van der Waals surface area (Å²) in [4.78, 5) is 32.1. The van der Waals surface area contributed by atoms with E-state index in [1.807, 2.05) is 0 Å². The highest BCUT2D eigenvalue weighted by molar-refractivity contribution is 9.10. The molecular formula is C11H8BrN2O6-. The van der Waals surface area contributed by atoms with E-state index in [1.54, 1.807) is 0 Å². The molecule has 0 aromatic heterocycles. The fourth-order valence-corrected chi connectivity index (χ4v) is 1.63. The van der Waals surface area contributed by atoms with E-state index < -0.39 is 22.6 Å². The molecule has 0 heterocycles. The highest BCUT2D eigenvalue weighted by Crippen LogP contribution is 2.29. The number of aliphatic carboxylic acids is 1. The van der Waals surface area contributed by atoms with Gasteiger partial charge in [0.25, 0.3) is 5.69 Å². The number of hydrogen-bond donors (Lipinski definition) is 1. The van der Waals surface area contributed by atoms with Gasteiger partial charge in [-0.2, -0.15) is 0 Å². The molecule has 0 amide bonds. The van der Waals surface area contributed by atoms with Crippen molar-refractivity contribution in [2.45, 2.75) is 0 Å². The number of carboxylic acid groups (broad SMARTS) is 1. The molecule has 0 aliphatic heterocycles. The number of nitro benzene ring substituents is 1. The lowest BCUT2D eigenvalue weighted by molar-refractivity contribution is -0.384. The zero-order valence-electron chi connectivity index (χ0n) is 10.1. The number of methoxy groups -OCH3 is 1. The second-order valence-electron chi connectivity index (χ2n) is 3.41. The van der Waals surface area contributed by atoms with Crippen LogP contribution in [0.3, 0.4) is 0 Å². The van der Waals surface area contributed by atoms with Crippen molar-refractivity contribution in [1.29, 1.82) is 0 Å². The summed E-state index contributed by atoms with van der Waals surface area (Å²) in [6, 6.07) is 4.01. The van der Waals surface area contributed by atoms with Gasteiger partial charge in [-0.15, -0.1) is 0 Å². The Bertz CT molecular complexity index is 599. The zero-order chi connectivity index (χ0) is 15.3. The van der Waals surface area contributed by atoms with Gasteiger partial charge in [0.2, 0.25) is 0 Å². The van der Waals surface area contributed by atoms with Gasteiger partial charge in [-0.3, -0.25) is 10.1 Å². The van der Waals surface area contributed by atoms with Crippen molar-refractivity contribution >= 4 is 39.2 Å². The molecule has 0 saturated carbocycles. The lowest BCUT2D eigenvalue weighted by atomic mass is 10.2. The third-order valence-electron chi connectivity index (χ3n) is 2.09. The lowest BCUT2D eigenvalue weighted by Crippen LogP contribution is -2.23. The number of carboxylic acids is 1. The summed E-state index contributed by atoms with van der Waals surface area (Å²) in [5.41, 5.74) is -0.887. The van der Waals surface area contributed by atoms with Crippen molar-refractivity contribution in [3.8, 4) is 0 Å². The number of nitrogens with one attached hydrogen (secondary N) is 1. The maximum absolute atomic E-state index is 11.4. The highest BCUT2D eigenvalue weighted by atomic mass is 79.9. The summed E-state index contributed by atoms with van der Waals surface area (Å²) < 4.78 is 4.83. The Morgan fingerprint density at radius 3 is 2.60 bits per heavy atom. The van der Waals surface area contributed by atoms with E-state index in [2.05, 4.69) is 26.0 Å². The van der Waals surface area contributed by atoms with E-state index in [-0.39, 0.29) is 11.4 Å². The molecule has 0 fully saturated rings. The van der Waals surface area contributed by atoms with Crippen LogP contribution in [0.5, 0.6) is 0 Å². The first-order valence-corrected chi connectivity index (χ1v) is 5.86. The average Bonchev–Trinajstić information content (AvgIpc) is 2.38. The smallest absolute Gasteiger partial charge is 0.354 e. The van der Waals surface area contributed by atoms with E-state index in [1.165, 1.54) is 18.2 Å². The Morgan fingerprint density at radius 1 is 1.45 bits per heavy atom. The highest BCUT2D eigenvalue weighted by Gasteiger charge is 2.18. The van der Waals surface area contributed by atoms with E-state index >= 15 is 0 Å². The summed E-state index contributed by atoms with van der Waals surface area (Å²) in [6.07, 6.45) is 0.456. The van der Waals surface area contributed by atoms with Crippen molar-refractivity contribution in [2.24, 2.45) is 0 Å². The molecule has 0 atom stereocenters. The number of ether oxygens (including phenoxy) is 1. The second kappa shape index (κ2) is 6.66. The molecule has 0 bridgehead atoms. The minimum absolute atomic E-state index is 0.0592. The third-order valence-corrected chi connectivity index (χ3v) is 2.59. The van der Waals surface area contributed by atoms with Crippen LogP contribution in [0.4, 0.5) is 11.4 Å². The summed E-state index contributed by atoms with van der Waals surface area (Å²) in [7, 11) is 1.04. The molecule has 0 radical (unpaired) electrons. The first kappa shape index (κ1) is 15.6. The van der Waals surface area contributed by atoms with Crippen LogP contribution < -0.4 is 10.4 Å². The Morgan fingerprint density at radius 2 is 2.10 bits per heavy atom. The molecule has 1 rings (SSSR count). The maximum atomic E-state index is 11.4. The van der Waals surface area contributed by atoms with Gasteiger partial charge in [-0.25, -0.2) is 4.79 Å². The van der Waals surface area contributed by atoms with Gasteiger partial charge in [-0.1, -0.05) is 15.9 Å². The molecule has 20 heavy (non-hydrogen) atoms. The second-order valence-corrected chi connectivity index (χ2v) is 4.33. The summed E-state index contributed by atoms with van der Waals surface area (Å²) in [6.45, 7) is 0. The van der Waals surface area contributed by atoms with Crippen molar-refractivity contribution < 1.29 is 24.4 Å². The quantitative estimate of drug-likeness (QED) is 0.359. The van der Waals surface area contributed by atoms with Crippen LogP contribution in [-0.4, -0.2) is 24.0 Å². The van der Waals surface area contributed by atoms with Gasteiger partial charge in [0, 0.05) is 10.5 Å². The van der Waals surface area contributed by atoms with Crippen molar-refractivity contribution in [1.82, 2.24) is 0 Å². The molecule has 0 aliphatic rings. The average molecular weight is 344 g/mol. The van der Waals surface area contributed by atoms with Gasteiger partial charge in [0.1, 0.15) is 11.4 Å². The summed E-state index contributed by atoms with van der Waals surface area (Å²) in [5.74, 6) is -2.64. The number of nitrogens with zero attached hydrogens (tertiary/aromatic N) is 1. The van der Waals surface area contributed by atoms with Gasteiger partial charge in [0.15, 0.2) is 0 Å². The molecule has 8 nitrogen and oxygen atoms in total. The predicted octanol–water partition coefficient (Wildman–Crippen LogP) is 0.576. The molecule has 1 aromatic carbocycles. The molecule has 1 N–H and O–H groups in total. The molecular weight excluding hydrogens is 336 g/mol. The van der Waals surface area contributed by atoms with Crippen LogP contribution in [0.25, 0.3) is 0 Å². The molecule has 0 aliphatic carbocycles. The number of rotatable bonds is 5. The molecule has 0 spiro atoms. The van der Waals surface area contributed by atoms with E-state index in [4.69, 9.17) is 0 Å². The maximum Gasteiger partial charge on any atom is 0.354 e. The molecule has 0 unspecified atom stereocenters. The number of halogens is 1. The number of esters is 1. The number of anilines is 1. The van der Waals surface area contributed by atoms with Gasteiger partial charge >= 0.3 is 5.97 Å². The standard InChI is InChI=1S/C11H9BrN2O6/c1-20-11(17)8(5-10(15)16)13-7-3-2-6(12)4-9(7)14(18)19/h2-5,13H,1H3,(H,15,16)/p-1. The fraction of sp³-hybridized carbons (Fsp3) is 0.0909. The summed E-state index contributed by atoms with van der Waals surface area (Å²) in [5, 5.41) is 23.8. The van der Waals surface area contributed by atoms with E-state index in [0.29, 0.717) is 10.5 Å². The van der Waals surface area contributed by atoms with Gasteiger partial charge in [-0.05, 0) is 18.2 Å². The van der Waals surface area contributed by atoms with Crippen LogP contribution in [0, 0.1) is 10.1 Å². The topological polar surface area (TPSA) is 122 Å². The predicted molar refractivity (Wildman–Crippen MR) is 69.5 cm³/mol. The Hall–Kier alpha value is -2.42. The molecule has 106 valence electrons. The Balaban J connectivity index is 3.21. The molecule has 0 saturated heterocycles. The Labute approximate surface area is 121 Å². The number of carbonyl (C=O) groups is 2. The first-order chi connectivity index (χ1) is 9.35. The minimum Gasteiger partial charge on any atom is -0.545 e. The zero-order valence-corrected chi connectivity index (χ0v) is 11.7. The third kappa shape index (κ3) is 4.05. The van der Waals surface area contributed by atoms with Crippen LogP contribution >= 0.6 is 15.9 Å². The minimum atomic E-state index is -1.64. The Kier molecular flexibility index (Phi) is 5.21. The van der Waals surface area contributed by atoms with E-state index in [0.717, 1.165) is 7.11 Å². The van der Waals surface area contributed by atoms with Crippen LogP contribution in [-0.2, 0) is 14.3 Å². The van der Waals surface area contributed by atoms with Gasteiger partial charge < -0.3 is 20.0 Å². The van der Waals surface area contributed by atoms with E-state index in [9.17, 15) is 24.8 Å². The van der Waals surface area contributed by atoms with Crippen molar-refractivity contribution in [3.63, 3.8) is 0 Å². The monoisotopic (exact) mass is 343 g/mol. The lowest BCUT2D eigenvalue weighted by Gasteiger charge is -2.10. The SMILES string of the molecule is COC(=O)C(=CC(=O)[O-])Nc1ccc(Br)cc1[N+](=O)[O-]. The number of nitro groups is 1. The fourth-order valence-electron chi connectivity index (χ4n) is 1.28. The van der Waals surface area contributed by atoms with Crippen molar-refractivity contribution in [3.05, 3.63) is 44.6 Å². The van der Waals surface area contributed by atoms with Crippen molar-refractivity contribution in [2.75, 3.05) is 12.4 Å². The largest absolute Gasteiger partial charge is 0.545 e. The summed E-state index contributed by atoms with van der Waals surface area (Å²) >= 11 is 3.07. The number of hydrogen-bond acceptors (Lipinski definition) is 7. The normalized spacial score (nSPS) is 10.8. The molecule has 1 aromatic rings. The first-order valence-electron chi connectivity index (χ1n) is 5.07.